The number of fused-ring (bicyclic) bond motifs is 1. The highest BCUT2D eigenvalue weighted by Gasteiger charge is 2.31. The number of hydrogen-bond donors (Lipinski definition) is 2. The molecule has 0 amide bonds. The summed E-state index contributed by atoms with van der Waals surface area (Å²) in [5, 5.41) is 17.1. The van der Waals surface area contributed by atoms with Crippen LogP contribution in [0.5, 0.6) is 5.75 Å². The number of hydrogen-bond acceptors (Lipinski definition) is 5. The summed E-state index contributed by atoms with van der Waals surface area (Å²) >= 11 is 0. The third-order valence-electron chi connectivity index (χ3n) is 4.07. The fourth-order valence-corrected chi connectivity index (χ4v) is 2.70. The summed E-state index contributed by atoms with van der Waals surface area (Å²) in [6, 6.07) is 11.3. The molecule has 0 aromatic heterocycles. The van der Waals surface area contributed by atoms with Crippen LogP contribution in [0, 0.1) is 5.41 Å². The predicted molar refractivity (Wildman–Crippen MR) is 94.5 cm³/mol. The van der Waals surface area contributed by atoms with Gasteiger partial charge in [0.05, 0.1) is 5.36 Å². The first-order valence-corrected chi connectivity index (χ1v) is 8.34. The normalized spacial score (nSPS) is 13.9. The minimum absolute atomic E-state index is 0.0399. The number of rotatable bonds is 5. The molecule has 5 nitrogen and oxygen atoms in total. The van der Waals surface area contributed by atoms with Crippen LogP contribution in [0.25, 0.3) is 17.3 Å². The van der Waals surface area contributed by atoms with E-state index in [1.165, 1.54) is 12.1 Å². The maximum Gasteiger partial charge on any atom is 0.573 e. The van der Waals surface area contributed by atoms with Crippen molar-refractivity contribution in [1.82, 2.24) is 10.5 Å². The van der Waals surface area contributed by atoms with Crippen molar-refractivity contribution in [2.24, 2.45) is 10.5 Å². The van der Waals surface area contributed by atoms with Crippen molar-refractivity contribution in [3.8, 4) is 16.9 Å². The lowest BCUT2D eigenvalue weighted by Crippen LogP contribution is -2.46. The van der Waals surface area contributed by atoms with Gasteiger partial charge in [-0.05, 0) is 35.4 Å². The summed E-state index contributed by atoms with van der Waals surface area (Å²) in [5.74, 6) is -0.257. The Morgan fingerprint density at radius 2 is 1.74 bits per heavy atom. The van der Waals surface area contributed by atoms with Crippen molar-refractivity contribution in [3.63, 3.8) is 0 Å². The maximum absolute atomic E-state index is 12.3. The Labute approximate surface area is 154 Å². The molecule has 8 heteroatoms. The molecule has 1 aliphatic heterocycles. The molecule has 0 saturated heterocycles. The number of aliphatic hydroxyl groups excluding tert-OH is 1. The van der Waals surface area contributed by atoms with Gasteiger partial charge in [-0.1, -0.05) is 32.0 Å². The largest absolute Gasteiger partial charge is 0.573 e. The number of nitrogens with zero attached hydrogens (tertiary/aromatic N) is 2. The molecule has 1 heterocycles. The Hall–Kier alpha value is -2.74. The number of hydrazine groups is 1. The zero-order valence-corrected chi connectivity index (χ0v) is 14.9. The standard InChI is InChI=1S/C19H20F3N3O2/c1-18(2,12-26)11-25-10-15-9-14(5-8-17(15)23-24-25)13-3-6-16(7-4-13)27-19(20,21)22/h3-10,24,26H,11-12H2,1-2H3. The molecule has 3 rings (SSSR count). The summed E-state index contributed by atoms with van der Waals surface area (Å²) in [5.41, 5.74) is 4.23. The van der Waals surface area contributed by atoms with E-state index in [9.17, 15) is 18.3 Å². The molecule has 0 atom stereocenters. The Morgan fingerprint density at radius 1 is 1.07 bits per heavy atom. The van der Waals surface area contributed by atoms with Crippen LogP contribution < -0.4 is 20.8 Å². The predicted octanol–water partition coefficient (Wildman–Crippen LogP) is 2.36. The van der Waals surface area contributed by atoms with Crippen LogP contribution in [-0.2, 0) is 0 Å². The summed E-state index contributed by atoms with van der Waals surface area (Å²) in [7, 11) is 0. The van der Waals surface area contributed by atoms with Crippen LogP contribution in [0.15, 0.2) is 47.6 Å². The van der Waals surface area contributed by atoms with Crippen molar-refractivity contribution < 1.29 is 23.0 Å². The van der Waals surface area contributed by atoms with Gasteiger partial charge in [-0.15, -0.1) is 13.2 Å². The molecule has 0 bridgehead atoms. The fraction of sp³-hybridized carbons (Fsp3) is 0.316. The quantitative estimate of drug-likeness (QED) is 0.838. The van der Waals surface area contributed by atoms with Gasteiger partial charge in [-0.25, -0.2) is 5.53 Å². The van der Waals surface area contributed by atoms with Gasteiger partial charge in [0.1, 0.15) is 5.75 Å². The van der Waals surface area contributed by atoms with Gasteiger partial charge in [0.2, 0.25) is 0 Å². The monoisotopic (exact) mass is 379 g/mol. The van der Waals surface area contributed by atoms with E-state index in [4.69, 9.17) is 0 Å². The zero-order chi connectivity index (χ0) is 19.7. The van der Waals surface area contributed by atoms with Crippen molar-refractivity contribution >= 4 is 6.20 Å². The highest BCUT2D eigenvalue weighted by atomic mass is 19.4. The Balaban J connectivity index is 1.86. The molecule has 2 aromatic rings. The summed E-state index contributed by atoms with van der Waals surface area (Å²) in [6.07, 6.45) is -2.81. The van der Waals surface area contributed by atoms with Gasteiger partial charge in [0, 0.05) is 30.0 Å². The lowest BCUT2D eigenvalue weighted by molar-refractivity contribution is -0.274. The zero-order valence-electron chi connectivity index (χ0n) is 14.9. The minimum Gasteiger partial charge on any atom is -0.406 e. The van der Waals surface area contributed by atoms with E-state index >= 15 is 0 Å². The highest BCUT2D eigenvalue weighted by molar-refractivity contribution is 5.64. The maximum atomic E-state index is 12.3. The number of benzene rings is 2. The lowest BCUT2D eigenvalue weighted by Gasteiger charge is -2.30. The van der Waals surface area contributed by atoms with E-state index in [2.05, 4.69) is 15.4 Å². The van der Waals surface area contributed by atoms with Gasteiger partial charge in [0.25, 0.3) is 0 Å². The number of aliphatic hydroxyl groups is 1. The molecule has 0 radical (unpaired) electrons. The van der Waals surface area contributed by atoms with Gasteiger partial charge in [-0.3, -0.25) is 5.01 Å². The molecule has 1 aliphatic rings. The summed E-state index contributed by atoms with van der Waals surface area (Å²) in [6.45, 7) is 4.48. The minimum atomic E-state index is -4.71. The van der Waals surface area contributed by atoms with E-state index < -0.39 is 6.36 Å². The number of halogens is 3. The molecule has 0 spiro atoms. The Bertz CT molecular complexity index is 925. The molecule has 2 N–H and O–H groups in total. The average molecular weight is 379 g/mol. The second-order valence-electron chi connectivity index (χ2n) is 7.14. The van der Waals surface area contributed by atoms with Gasteiger partial charge >= 0.3 is 6.36 Å². The third-order valence-corrected chi connectivity index (χ3v) is 4.07. The van der Waals surface area contributed by atoms with Crippen LogP contribution in [0.3, 0.4) is 0 Å². The highest BCUT2D eigenvalue weighted by Crippen LogP contribution is 2.25. The van der Waals surface area contributed by atoms with Gasteiger partial charge < -0.3 is 9.84 Å². The SMILES string of the molecule is CC(C)(CO)CN1C=c2cc(-c3ccc(OC(F)(F)F)cc3)ccc2=NN1. The topological polar surface area (TPSA) is 57.1 Å². The molecule has 0 saturated carbocycles. The van der Waals surface area contributed by atoms with E-state index in [1.807, 2.05) is 38.2 Å². The van der Waals surface area contributed by atoms with Gasteiger partial charge in [-0.2, -0.15) is 5.10 Å². The molecule has 0 fully saturated rings. The van der Waals surface area contributed by atoms with Crippen molar-refractivity contribution in [3.05, 3.63) is 53.0 Å². The van der Waals surface area contributed by atoms with Crippen LogP contribution in [-0.4, -0.2) is 29.6 Å². The van der Waals surface area contributed by atoms with Crippen LogP contribution in [0.2, 0.25) is 0 Å². The van der Waals surface area contributed by atoms with E-state index in [-0.39, 0.29) is 17.8 Å². The smallest absolute Gasteiger partial charge is 0.406 e. The molecular formula is C19H20F3N3O2. The van der Waals surface area contributed by atoms with Crippen molar-refractivity contribution in [1.29, 1.82) is 0 Å². The van der Waals surface area contributed by atoms with Crippen LogP contribution in [0.1, 0.15) is 13.8 Å². The third kappa shape index (κ3) is 4.91. The first-order valence-electron chi connectivity index (χ1n) is 8.34. The summed E-state index contributed by atoms with van der Waals surface area (Å²) < 4.78 is 40.7. The lowest BCUT2D eigenvalue weighted by atomic mass is 9.95. The molecule has 144 valence electrons. The molecular weight excluding hydrogens is 359 g/mol. The molecule has 0 aliphatic carbocycles. The van der Waals surface area contributed by atoms with E-state index in [1.54, 1.807) is 17.1 Å². The Kier molecular flexibility index (Phi) is 5.01. The number of ether oxygens (including phenoxy) is 1. The van der Waals surface area contributed by atoms with Crippen LogP contribution in [0.4, 0.5) is 13.2 Å². The average Bonchev–Trinajstić information content (AvgIpc) is 2.60. The second-order valence-corrected chi connectivity index (χ2v) is 7.14. The van der Waals surface area contributed by atoms with Crippen LogP contribution >= 0.6 is 0 Å². The summed E-state index contributed by atoms with van der Waals surface area (Å²) in [4.78, 5) is 0. The molecule has 0 unspecified atom stereocenters. The van der Waals surface area contributed by atoms with Gasteiger partial charge in [0.15, 0.2) is 0 Å². The van der Waals surface area contributed by atoms with E-state index in [0.29, 0.717) is 6.54 Å². The Morgan fingerprint density at radius 3 is 2.37 bits per heavy atom. The van der Waals surface area contributed by atoms with Crippen molar-refractivity contribution in [2.75, 3.05) is 13.2 Å². The molecule has 27 heavy (non-hydrogen) atoms. The van der Waals surface area contributed by atoms with Crippen molar-refractivity contribution in [2.45, 2.75) is 20.2 Å². The van der Waals surface area contributed by atoms with E-state index in [0.717, 1.165) is 21.7 Å². The first kappa shape index (κ1) is 19.0. The number of nitrogens with one attached hydrogen (secondary N) is 1. The second kappa shape index (κ2) is 7.11. The fourth-order valence-electron chi connectivity index (χ4n) is 2.70. The first-order chi connectivity index (χ1) is 12.6. The molecule has 2 aromatic carbocycles. The number of alkyl halides is 3.